The summed E-state index contributed by atoms with van der Waals surface area (Å²) in [6, 6.07) is 12.9. The van der Waals surface area contributed by atoms with E-state index in [1.807, 2.05) is 30.3 Å². The number of benzene rings is 1. The molecule has 0 saturated carbocycles. The summed E-state index contributed by atoms with van der Waals surface area (Å²) in [5.74, 6) is -0.000388. The SMILES string of the molecule is Cn1cccc1C(=O)c1nnn(-c2ccccc2)c1N. The molecule has 2 aromatic heterocycles. The first-order chi connectivity index (χ1) is 9.68. The number of anilines is 1. The number of aromatic nitrogens is 4. The van der Waals surface area contributed by atoms with E-state index in [9.17, 15) is 4.79 Å². The molecule has 0 radical (unpaired) electrons. The van der Waals surface area contributed by atoms with Crippen molar-refractivity contribution in [3.05, 3.63) is 60.0 Å². The second-order valence-corrected chi connectivity index (χ2v) is 4.40. The van der Waals surface area contributed by atoms with Gasteiger partial charge >= 0.3 is 0 Å². The van der Waals surface area contributed by atoms with Crippen LogP contribution in [0.25, 0.3) is 5.69 Å². The van der Waals surface area contributed by atoms with Gasteiger partial charge in [-0.05, 0) is 24.3 Å². The Balaban J connectivity index is 2.03. The third-order valence-corrected chi connectivity index (χ3v) is 3.10. The quantitative estimate of drug-likeness (QED) is 0.728. The highest BCUT2D eigenvalue weighted by Crippen LogP contribution is 2.17. The number of hydrogen-bond donors (Lipinski definition) is 1. The first-order valence-electron chi connectivity index (χ1n) is 6.11. The number of nitrogens with zero attached hydrogens (tertiary/aromatic N) is 4. The lowest BCUT2D eigenvalue weighted by Crippen LogP contribution is -2.10. The average molecular weight is 267 g/mol. The first-order valence-corrected chi connectivity index (χ1v) is 6.11. The molecule has 0 spiro atoms. The zero-order chi connectivity index (χ0) is 14.1. The Bertz CT molecular complexity index is 757. The highest BCUT2D eigenvalue weighted by molar-refractivity contribution is 6.09. The zero-order valence-electron chi connectivity index (χ0n) is 10.9. The second kappa shape index (κ2) is 4.65. The Morgan fingerprint density at radius 3 is 2.55 bits per heavy atom. The molecule has 0 atom stereocenters. The van der Waals surface area contributed by atoms with E-state index >= 15 is 0 Å². The maximum atomic E-state index is 12.4. The van der Waals surface area contributed by atoms with Gasteiger partial charge in [0.1, 0.15) is 0 Å². The molecule has 1 aromatic carbocycles. The second-order valence-electron chi connectivity index (χ2n) is 4.40. The first kappa shape index (κ1) is 12.2. The van der Waals surface area contributed by atoms with Crippen molar-refractivity contribution in [1.29, 1.82) is 0 Å². The van der Waals surface area contributed by atoms with Gasteiger partial charge in [-0.1, -0.05) is 23.4 Å². The Morgan fingerprint density at radius 1 is 1.15 bits per heavy atom. The van der Waals surface area contributed by atoms with Crippen molar-refractivity contribution < 1.29 is 4.79 Å². The molecular weight excluding hydrogens is 254 g/mol. The lowest BCUT2D eigenvalue weighted by atomic mass is 10.2. The van der Waals surface area contributed by atoms with E-state index in [-0.39, 0.29) is 17.3 Å². The maximum Gasteiger partial charge on any atom is 0.233 e. The van der Waals surface area contributed by atoms with Crippen LogP contribution in [0, 0.1) is 0 Å². The van der Waals surface area contributed by atoms with Crippen molar-refractivity contribution in [3.8, 4) is 5.69 Å². The van der Waals surface area contributed by atoms with Crippen LogP contribution >= 0.6 is 0 Å². The van der Waals surface area contributed by atoms with Crippen molar-refractivity contribution in [1.82, 2.24) is 19.6 Å². The number of ketones is 1. The van der Waals surface area contributed by atoms with E-state index < -0.39 is 0 Å². The third kappa shape index (κ3) is 1.87. The van der Waals surface area contributed by atoms with E-state index in [2.05, 4.69) is 10.3 Å². The number of para-hydroxylation sites is 1. The summed E-state index contributed by atoms with van der Waals surface area (Å²) in [5.41, 5.74) is 7.45. The van der Waals surface area contributed by atoms with Crippen LogP contribution in [0.15, 0.2) is 48.7 Å². The zero-order valence-corrected chi connectivity index (χ0v) is 10.9. The van der Waals surface area contributed by atoms with Gasteiger partial charge in [-0.3, -0.25) is 4.79 Å². The molecule has 0 aliphatic heterocycles. The molecule has 2 heterocycles. The summed E-state index contributed by atoms with van der Waals surface area (Å²) in [6.45, 7) is 0. The van der Waals surface area contributed by atoms with Gasteiger partial charge in [0.15, 0.2) is 11.5 Å². The summed E-state index contributed by atoms with van der Waals surface area (Å²) in [4.78, 5) is 12.4. The molecule has 0 aliphatic carbocycles. The van der Waals surface area contributed by atoms with Crippen LogP contribution in [0.3, 0.4) is 0 Å². The lowest BCUT2D eigenvalue weighted by Gasteiger charge is -2.03. The Hall–Kier alpha value is -2.89. The summed E-state index contributed by atoms with van der Waals surface area (Å²) in [5, 5.41) is 7.87. The van der Waals surface area contributed by atoms with Crippen LogP contribution in [0.1, 0.15) is 16.2 Å². The molecule has 100 valence electrons. The minimum absolute atomic E-state index is 0.163. The topological polar surface area (TPSA) is 78.7 Å². The average Bonchev–Trinajstić information content (AvgIpc) is 3.05. The molecule has 2 N–H and O–H groups in total. The summed E-state index contributed by atoms with van der Waals surface area (Å²) in [6.07, 6.45) is 1.80. The van der Waals surface area contributed by atoms with Crippen molar-refractivity contribution in [3.63, 3.8) is 0 Å². The maximum absolute atomic E-state index is 12.4. The normalized spacial score (nSPS) is 10.7. The highest BCUT2D eigenvalue weighted by atomic mass is 16.1. The van der Waals surface area contributed by atoms with Crippen LogP contribution in [0.4, 0.5) is 5.82 Å². The van der Waals surface area contributed by atoms with Gasteiger partial charge in [-0.15, -0.1) is 5.10 Å². The van der Waals surface area contributed by atoms with Crippen LogP contribution in [0.5, 0.6) is 0 Å². The van der Waals surface area contributed by atoms with Crippen molar-refractivity contribution in [2.24, 2.45) is 7.05 Å². The third-order valence-electron chi connectivity index (χ3n) is 3.10. The molecular formula is C14H13N5O. The fourth-order valence-electron chi connectivity index (χ4n) is 2.03. The largest absolute Gasteiger partial charge is 0.382 e. The molecule has 0 aliphatic rings. The van der Waals surface area contributed by atoms with Gasteiger partial charge in [0.25, 0.3) is 0 Å². The Labute approximate surface area is 115 Å². The number of hydrogen-bond acceptors (Lipinski definition) is 4. The van der Waals surface area contributed by atoms with E-state index in [1.165, 1.54) is 4.68 Å². The molecule has 3 rings (SSSR count). The molecule has 3 aromatic rings. The standard InChI is InChI=1S/C14H13N5O/c1-18-9-5-8-11(18)13(20)12-14(15)19(17-16-12)10-6-3-2-4-7-10/h2-9H,15H2,1H3. The minimum atomic E-state index is -0.239. The fraction of sp³-hybridized carbons (Fsp3) is 0.0714. The number of carbonyl (C=O) groups is 1. The van der Waals surface area contributed by atoms with Gasteiger partial charge in [0.2, 0.25) is 5.78 Å². The smallest absolute Gasteiger partial charge is 0.233 e. The number of carbonyl (C=O) groups excluding carboxylic acids is 1. The van der Waals surface area contributed by atoms with Crippen molar-refractivity contribution in [2.45, 2.75) is 0 Å². The number of rotatable bonds is 3. The highest BCUT2D eigenvalue weighted by Gasteiger charge is 2.21. The van der Waals surface area contributed by atoms with Gasteiger partial charge < -0.3 is 10.3 Å². The molecule has 0 saturated heterocycles. The summed E-state index contributed by atoms with van der Waals surface area (Å²) in [7, 11) is 1.80. The molecule has 6 nitrogen and oxygen atoms in total. The Morgan fingerprint density at radius 2 is 1.90 bits per heavy atom. The summed E-state index contributed by atoms with van der Waals surface area (Å²) < 4.78 is 3.18. The molecule has 0 amide bonds. The van der Waals surface area contributed by atoms with Gasteiger partial charge in [0.05, 0.1) is 11.4 Å². The predicted molar refractivity (Wildman–Crippen MR) is 74.6 cm³/mol. The minimum Gasteiger partial charge on any atom is -0.382 e. The molecule has 0 unspecified atom stereocenters. The number of nitrogens with two attached hydrogens (primary N) is 1. The summed E-state index contributed by atoms with van der Waals surface area (Å²) >= 11 is 0. The number of aryl methyl sites for hydroxylation is 1. The fourth-order valence-corrected chi connectivity index (χ4v) is 2.03. The molecule has 6 heteroatoms. The van der Waals surface area contributed by atoms with Crippen LogP contribution in [-0.4, -0.2) is 25.3 Å². The lowest BCUT2D eigenvalue weighted by molar-refractivity contribution is 0.102. The Kier molecular flexibility index (Phi) is 2.83. The molecule has 20 heavy (non-hydrogen) atoms. The van der Waals surface area contributed by atoms with E-state index in [1.54, 1.807) is 29.9 Å². The van der Waals surface area contributed by atoms with Gasteiger partial charge in [0, 0.05) is 13.2 Å². The van der Waals surface area contributed by atoms with Gasteiger partial charge in [-0.25, -0.2) is 0 Å². The molecule has 0 bridgehead atoms. The van der Waals surface area contributed by atoms with Gasteiger partial charge in [-0.2, -0.15) is 4.68 Å². The van der Waals surface area contributed by atoms with E-state index in [0.717, 1.165) is 5.69 Å². The van der Waals surface area contributed by atoms with Crippen LogP contribution in [-0.2, 0) is 7.05 Å². The molecule has 0 fully saturated rings. The van der Waals surface area contributed by atoms with E-state index in [4.69, 9.17) is 5.73 Å². The van der Waals surface area contributed by atoms with Crippen LogP contribution in [0.2, 0.25) is 0 Å². The monoisotopic (exact) mass is 267 g/mol. The number of nitrogen functional groups attached to an aromatic ring is 1. The predicted octanol–water partition coefficient (Wildman–Crippen LogP) is 1.42. The van der Waals surface area contributed by atoms with E-state index in [0.29, 0.717) is 5.69 Å². The van der Waals surface area contributed by atoms with Crippen molar-refractivity contribution >= 4 is 11.6 Å². The van der Waals surface area contributed by atoms with Crippen LogP contribution < -0.4 is 5.73 Å². The van der Waals surface area contributed by atoms with Crippen molar-refractivity contribution in [2.75, 3.05) is 5.73 Å².